The predicted octanol–water partition coefficient (Wildman–Crippen LogP) is 3.13. The van der Waals surface area contributed by atoms with Gasteiger partial charge in [0.15, 0.2) is 5.78 Å². The highest BCUT2D eigenvalue weighted by atomic mass is 16.1. The second-order valence-electron chi connectivity index (χ2n) is 3.53. The highest BCUT2D eigenvalue weighted by Crippen LogP contribution is 2.15. The summed E-state index contributed by atoms with van der Waals surface area (Å²) in [4.78, 5) is 10.9. The molecular formula is C14H13NO. The zero-order valence-electron chi connectivity index (χ0n) is 9.40. The third kappa shape index (κ3) is 3.55. The van der Waals surface area contributed by atoms with Crippen LogP contribution in [0.25, 0.3) is 5.57 Å². The summed E-state index contributed by atoms with van der Waals surface area (Å²) in [6.45, 7) is 3.30. The van der Waals surface area contributed by atoms with Crippen LogP contribution in [0, 0.1) is 11.3 Å². The summed E-state index contributed by atoms with van der Waals surface area (Å²) < 4.78 is 0. The fourth-order valence-corrected chi connectivity index (χ4v) is 1.39. The van der Waals surface area contributed by atoms with E-state index in [0.29, 0.717) is 5.57 Å². The second kappa shape index (κ2) is 5.67. The molecule has 0 radical (unpaired) electrons. The van der Waals surface area contributed by atoms with Crippen molar-refractivity contribution in [3.05, 3.63) is 53.6 Å². The molecule has 0 saturated heterocycles. The molecule has 0 unspecified atom stereocenters. The van der Waals surface area contributed by atoms with Crippen LogP contribution in [-0.2, 0) is 4.79 Å². The van der Waals surface area contributed by atoms with E-state index in [1.807, 2.05) is 37.3 Å². The standard InChI is InChI=1S/C14H13NO/c1-11(8-12(2)16)9-14(10-15)13-6-4-3-5-7-13/h3-9H,1-2H3/b11-8-,14-9+. The molecular weight excluding hydrogens is 198 g/mol. The lowest BCUT2D eigenvalue weighted by Gasteiger charge is -1.98. The molecule has 0 saturated carbocycles. The van der Waals surface area contributed by atoms with Crippen molar-refractivity contribution in [2.24, 2.45) is 0 Å². The number of nitriles is 1. The normalized spacial score (nSPS) is 12.1. The first kappa shape index (κ1) is 11.9. The van der Waals surface area contributed by atoms with E-state index in [2.05, 4.69) is 6.07 Å². The smallest absolute Gasteiger partial charge is 0.152 e. The quantitative estimate of drug-likeness (QED) is 0.438. The van der Waals surface area contributed by atoms with Crippen LogP contribution in [0.4, 0.5) is 0 Å². The molecule has 0 aliphatic rings. The van der Waals surface area contributed by atoms with Gasteiger partial charge in [-0.2, -0.15) is 5.26 Å². The number of benzene rings is 1. The van der Waals surface area contributed by atoms with Crippen LogP contribution in [-0.4, -0.2) is 5.78 Å². The van der Waals surface area contributed by atoms with Crippen molar-refractivity contribution in [1.29, 1.82) is 5.26 Å². The van der Waals surface area contributed by atoms with Gasteiger partial charge in [-0.15, -0.1) is 0 Å². The second-order valence-corrected chi connectivity index (χ2v) is 3.53. The van der Waals surface area contributed by atoms with Crippen molar-refractivity contribution in [3.8, 4) is 6.07 Å². The summed E-state index contributed by atoms with van der Waals surface area (Å²) >= 11 is 0. The van der Waals surface area contributed by atoms with Crippen molar-refractivity contribution in [3.63, 3.8) is 0 Å². The molecule has 16 heavy (non-hydrogen) atoms. The molecule has 0 aliphatic carbocycles. The van der Waals surface area contributed by atoms with Gasteiger partial charge in [-0.05, 0) is 37.1 Å². The third-order valence-corrected chi connectivity index (χ3v) is 2.01. The van der Waals surface area contributed by atoms with E-state index in [0.717, 1.165) is 11.1 Å². The van der Waals surface area contributed by atoms with E-state index in [-0.39, 0.29) is 5.78 Å². The maximum Gasteiger partial charge on any atom is 0.152 e. The van der Waals surface area contributed by atoms with Crippen molar-refractivity contribution < 1.29 is 4.79 Å². The summed E-state index contributed by atoms with van der Waals surface area (Å²) in [6, 6.07) is 11.5. The summed E-state index contributed by atoms with van der Waals surface area (Å²) in [7, 11) is 0. The minimum Gasteiger partial charge on any atom is -0.295 e. The highest BCUT2D eigenvalue weighted by Gasteiger charge is 1.99. The summed E-state index contributed by atoms with van der Waals surface area (Å²) in [5.41, 5.74) is 2.21. The first-order valence-electron chi connectivity index (χ1n) is 4.99. The lowest BCUT2D eigenvalue weighted by atomic mass is 10.0. The third-order valence-electron chi connectivity index (χ3n) is 2.01. The molecule has 0 bridgehead atoms. The van der Waals surface area contributed by atoms with Gasteiger partial charge in [0.25, 0.3) is 0 Å². The Hall–Kier alpha value is -2.14. The lowest BCUT2D eigenvalue weighted by molar-refractivity contribution is -0.112. The first-order chi connectivity index (χ1) is 7.63. The molecule has 2 heteroatoms. The summed E-state index contributed by atoms with van der Waals surface area (Å²) in [6.07, 6.45) is 3.23. The maximum absolute atomic E-state index is 10.9. The van der Waals surface area contributed by atoms with E-state index in [1.54, 1.807) is 6.08 Å². The zero-order chi connectivity index (χ0) is 12.0. The molecule has 1 aromatic carbocycles. The Morgan fingerprint density at radius 2 is 1.81 bits per heavy atom. The summed E-state index contributed by atoms with van der Waals surface area (Å²) in [5.74, 6) is -0.0147. The van der Waals surface area contributed by atoms with Gasteiger partial charge in [0, 0.05) is 0 Å². The maximum atomic E-state index is 10.9. The Bertz CT molecular complexity index is 475. The fraction of sp³-hybridized carbons (Fsp3) is 0.143. The van der Waals surface area contributed by atoms with Crippen LogP contribution < -0.4 is 0 Å². The molecule has 0 aliphatic heterocycles. The van der Waals surface area contributed by atoms with Gasteiger partial charge >= 0.3 is 0 Å². The van der Waals surface area contributed by atoms with Gasteiger partial charge in [0.2, 0.25) is 0 Å². The highest BCUT2D eigenvalue weighted by molar-refractivity contribution is 5.89. The number of rotatable bonds is 3. The minimum atomic E-state index is -0.0147. The van der Waals surface area contributed by atoms with Gasteiger partial charge < -0.3 is 0 Å². The Morgan fingerprint density at radius 1 is 1.19 bits per heavy atom. The SMILES string of the molecule is CC(=O)/C=C(C)\C=C(/C#N)c1ccccc1. The van der Waals surface area contributed by atoms with Crippen LogP contribution in [0.15, 0.2) is 48.1 Å². The Morgan fingerprint density at radius 3 is 2.31 bits per heavy atom. The van der Waals surface area contributed by atoms with Crippen molar-refractivity contribution in [2.75, 3.05) is 0 Å². The lowest BCUT2D eigenvalue weighted by Crippen LogP contribution is -1.85. The van der Waals surface area contributed by atoms with Gasteiger partial charge in [0.1, 0.15) is 0 Å². The Balaban J connectivity index is 3.06. The average molecular weight is 211 g/mol. The molecule has 2 nitrogen and oxygen atoms in total. The number of allylic oxidation sites excluding steroid dienone is 4. The van der Waals surface area contributed by atoms with Crippen molar-refractivity contribution >= 4 is 11.4 Å². The van der Waals surface area contributed by atoms with Gasteiger partial charge in [-0.3, -0.25) is 4.79 Å². The van der Waals surface area contributed by atoms with Gasteiger partial charge in [0.05, 0.1) is 11.6 Å². The monoisotopic (exact) mass is 211 g/mol. The molecule has 0 N–H and O–H groups in total. The molecule has 0 atom stereocenters. The van der Waals surface area contributed by atoms with Crippen LogP contribution in [0.3, 0.4) is 0 Å². The number of carbonyl (C=O) groups excluding carboxylic acids is 1. The Kier molecular flexibility index (Phi) is 4.23. The van der Waals surface area contributed by atoms with Crippen LogP contribution >= 0.6 is 0 Å². The predicted molar refractivity (Wildman–Crippen MR) is 64.5 cm³/mol. The number of hydrogen-bond acceptors (Lipinski definition) is 2. The molecule has 80 valence electrons. The zero-order valence-corrected chi connectivity index (χ0v) is 9.40. The topological polar surface area (TPSA) is 40.9 Å². The van der Waals surface area contributed by atoms with Gasteiger partial charge in [-0.25, -0.2) is 0 Å². The van der Waals surface area contributed by atoms with Crippen LogP contribution in [0.1, 0.15) is 19.4 Å². The molecule has 0 spiro atoms. The molecule has 0 heterocycles. The van der Waals surface area contributed by atoms with Crippen LogP contribution in [0.5, 0.6) is 0 Å². The van der Waals surface area contributed by atoms with Crippen molar-refractivity contribution in [1.82, 2.24) is 0 Å². The number of hydrogen-bond donors (Lipinski definition) is 0. The average Bonchev–Trinajstić information content (AvgIpc) is 2.26. The molecule has 1 rings (SSSR count). The van der Waals surface area contributed by atoms with E-state index in [1.165, 1.54) is 13.0 Å². The fourth-order valence-electron chi connectivity index (χ4n) is 1.39. The first-order valence-corrected chi connectivity index (χ1v) is 4.99. The van der Waals surface area contributed by atoms with Crippen LogP contribution in [0.2, 0.25) is 0 Å². The summed E-state index contributed by atoms with van der Waals surface area (Å²) in [5, 5.41) is 9.03. The Labute approximate surface area is 95.5 Å². The van der Waals surface area contributed by atoms with E-state index in [4.69, 9.17) is 5.26 Å². The van der Waals surface area contributed by atoms with E-state index >= 15 is 0 Å². The van der Waals surface area contributed by atoms with E-state index in [9.17, 15) is 4.79 Å². The molecule has 0 aromatic heterocycles. The van der Waals surface area contributed by atoms with E-state index < -0.39 is 0 Å². The molecule has 0 fully saturated rings. The minimum absolute atomic E-state index is 0.0147. The number of carbonyl (C=O) groups is 1. The molecule has 1 aromatic rings. The van der Waals surface area contributed by atoms with Crippen molar-refractivity contribution in [2.45, 2.75) is 13.8 Å². The number of nitrogens with zero attached hydrogens (tertiary/aromatic N) is 1. The largest absolute Gasteiger partial charge is 0.295 e. The van der Waals surface area contributed by atoms with Gasteiger partial charge in [-0.1, -0.05) is 30.3 Å². The number of ketones is 1. The molecule has 0 amide bonds.